The highest BCUT2D eigenvalue weighted by molar-refractivity contribution is 7.91. The number of halogens is 1. The Morgan fingerprint density at radius 3 is 2.31 bits per heavy atom. The zero-order valence-electron chi connectivity index (χ0n) is 15.6. The summed E-state index contributed by atoms with van der Waals surface area (Å²) in [5.41, 5.74) is 1.70. The van der Waals surface area contributed by atoms with E-state index in [1.165, 1.54) is 6.20 Å². The summed E-state index contributed by atoms with van der Waals surface area (Å²) in [5.74, 6) is 0.343. The molecule has 9 heteroatoms. The number of fused-ring (bicyclic) bond motifs is 1. The van der Waals surface area contributed by atoms with Crippen LogP contribution < -0.4 is 0 Å². The summed E-state index contributed by atoms with van der Waals surface area (Å²) in [7, 11) is -6.55. The maximum atomic E-state index is 12.8. The maximum absolute atomic E-state index is 12.8. The highest BCUT2D eigenvalue weighted by Crippen LogP contribution is 2.25. The first-order chi connectivity index (χ1) is 13.4. The predicted octanol–water partition coefficient (Wildman–Crippen LogP) is 2.72. The molecule has 0 saturated carbocycles. The molecule has 1 aliphatic rings. The third-order valence-electron chi connectivity index (χ3n) is 4.96. The molecule has 0 atom stereocenters. The molecule has 0 unspecified atom stereocenters. The quantitative estimate of drug-likeness (QED) is 0.605. The zero-order valence-corrected chi connectivity index (χ0v) is 18.0. The first-order valence-corrected chi connectivity index (χ1v) is 12.3. The van der Waals surface area contributed by atoms with E-state index in [0.717, 1.165) is 16.5 Å². The third kappa shape index (κ3) is 4.61. The van der Waals surface area contributed by atoms with Crippen LogP contribution in [-0.2, 0) is 26.2 Å². The number of para-hydroxylation sites is 1. The van der Waals surface area contributed by atoms with Crippen molar-refractivity contribution in [2.45, 2.75) is 16.3 Å². The van der Waals surface area contributed by atoms with Crippen molar-refractivity contribution < 1.29 is 16.8 Å². The van der Waals surface area contributed by atoms with Crippen LogP contribution in [0.3, 0.4) is 0 Å². The first kappa shape index (κ1) is 21.7. The van der Waals surface area contributed by atoms with Gasteiger partial charge in [-0.3, -0.25) is 9.88 Å². The van der Waals surface area contributed by atoms with Gasteiger partial charge in [-0.05, 0) is 23.8 Å². The molecule has 1 fully saturated rings. The van der Waals surface area contributed by atoms with Crippen molar-refractivity contribution in [3.8, 4) is 0 Å². The lowest BCUT2D eigenvalue weighted by molar-refractivity contribution is 0.288. The van der Waals surface area contributed by atoms with Crippen molar-refractivity contribution in [1.29, 1.82) is 0 Å². The fourth-order valence-corrected chi connectivity index (χ4v) is 5.90. The summed E-state index contributed by atoms with van der Waals surface area (Å²) in [6.45, 7) is 1.59. The molecule has 2 aromatic carbocycles. The molecule has 0 bridgehead atoms. The van der Waals surface area contributed by atoms with Crippen LogP contribution in [0.5, 0.6) is 0 Å². The van der Waals surface area contributed by atoms with Gasteiger partial charge in [-0.25, -0.2) is 16.8 Å². The van der Waals surface area contributed by atoms with Gasteiger partial charge in [0.05, 0.1) is 26.8 Å². The van der Waals surface area contributed by atoms with Crippen LogP contribution in [0.25, 0.3) is 10.9 Å². The average Bonchev–Trinajstić information content (AvgIpc) is 2.70. The molecule has 1 aliphatic heterocycles. The van der Waals surface area contributed by atoms with Gasteiger partial charge in [-0.1, -0.05) is 36.4 Å². The second-order valence-corrected chi connectivity index (χ2v) is 11.2. The van der Waals surface area contributed by atoms with Gasteiger partial charge in [0, 0.05) is 31.2 Å². The molecule has 4 rings (SSSR count). The molecule has 6 nitrogen and oxygen atoms in total. The van der Waals surface area contributed by atoms with Crippen LogP contribution in [-0.4, -0.2) is 51.3 Å². The number of hydrogen-bond donors (Lipinski definition) is 0. The topological polar surface area (TPSA) is 84.4 Å². The van der Waals surface area contributed by atoms with E-state index in [2.05, 4.69) is 9.88 Å². The van der Waals surface area contributed by atoms with Crippen LogP contribution in [0.2, 0.25) is 0 Å². The summed E-state index contributed by atoms with van der Waals surface area (Å²) in [6.07, 6.45) is 1.40. The van der Waals surface area contributed by atoms with Gasteiger partial charge in [-0.15, -0.1) is 12.4 Å². The van der Waals surface area contributed by atoms with E-state index in [0.29, 0.717) is 19.6 Å². The molecule has 3 aromatic rings. The standard InChI is InChI=1S/C20H20N2O4S2.ClH/c23-27(24)11-9-22(10-12-27)15-17-6-4-5-16-13-19(14-21-20(16)17)28(25,26)18-7-2-1-3-8-18;/h1-8,13-14H,9-12,15H2;1H. The van der Waals surface area contributed by atoms with Crippen LogP contribution in [0, 0.1) is 0 Å². The van der Waals surface area contributed by atoms with Crippen LogP contribution in [0.4, 0.5) is 0 Å². The summed E-state index contributed by atoms with van der Waals surface area (Å²) >= 11 is 0. The molecular formula is C20H21ClN2O4S2. The molecular weight excluding hydrogens is 432 g/mol. The van der Waals surface area contributed by atoms with Crippen molar-refractivity contribution >= 4 is 43.0 Å². The van der Waals surface area contributed by atoms with E-state index < -0.39 is 19.7 Å². The third-order valence-corrected chi connectivity index (χ3v) is 8.31. The van der Waals surface area contributed by atoms with Gasteiger partial charge in [0.1, 0.15) is 0 Å². The Morgan fingerprint density at radius 2 is 1.62 bits per heavy atom. The molecule has 0 spiro atoms. The smallest absolute Gasteiger partial charge is 0.208 e. The Bertz CT molecular complexity index is 1220. The van der Waals surface area contributed by atoms with Crippen molar-refractivity contribution in [3.63, 3.8) is 0 Å². The van der Waals surface area contributed by atoms with E-state index in [4.69, 9.17) is 0 Å². The van der Waals surface area contributed by atoms with Crippen LogP contribution >= 0.6 is 12.4 Å². The zero-order chi connectivity index (χ0) is 19.8. The lowest BCUT2D eigenvalue weighted by Gasteiger charge is -2.26. The Labute approximate surface area is 176 Å². The molecule has 1 aromatic heterocycles. The summed E-state index contributed by atoms with van der Waals surface area (Å²) in [6, 6.07) is 15.6. The summed E-state index contributed by atoms with van der Waals surface area (Å²) < 4.78 is 48.9. The molecule has 29 heavy (non-hydrogen) atoms. The van der Waals surface area contributed by atoms with E-state index in [1.807, 2.05) is 18.2 Å². The van der Waals surface area contributed by atoms with Gasteiger partial charge < -0.3 is 0 Å². The first-order valence-electron chi connectivity index (χ1n) is 8.96. The van der Waals surface area contributed by atoms with E-state index in [9.17, 15) is 16.8 Å². The Hall–Kier alpha value is -2.00. The number of aromatic nitrogens is 1. The van der Waals surface area contributed by atoms with Crippen molar-refractivity contribution in [2.75, 3.05) is 24.6 Å². The minimum absolute atomic E-state index is 0. The summed E-state index contributed by atoms with van der Waals surface area (Å²) in [5, 5.41) is 0.749. The Balaban J connectivity index is 0.00000240. The number of pyridine rings is 1. The van der Waals surface area contributed by atoms with Crippen molar-refractivity contribution in [3.05, 3.63) is 66.4 Å². The molecule has 0 aliphatic carbocycles. The molecule has 1 saturated heterocycles. The highest BCUT2D eigenvalue weighted by atomic mass is 35.5. The lowest BCUT2D eigenvalue weighted by Crippen LogP contribution is -2.39. The minimum atomic E-state index is -3.62. The minimum Gasteiger partial charge on any atom is -0.297 e. The number of hydrogen-bond acceptors (Lipinski definition) is 6. The van der Waals surface area contributed by atoms with Crippen LogP contribution in [0.1, 0.15) is 5.56 Å². The van der Waals surface area contributed by atoms with Gasteiger partial charge in [0.25, 0.3) is 0 Å². The number of sulfone groups is 2. The van der Waals surface area contributed by atoms with Gasteiger partial charge >= 0.3 is 0 Å². The molecule has 0 amide bonds. The SMILES string of the molecule is Cl.O=S1(=O)CCN(Cc2cccc3cc(S(=O)(=O)c4ccccc4)cnc23)CC1. The fourth-order valence-electron chi connectivity index (χ4n) is 3.36. The fraction of sp³-hybridized carbons (Fsp3) is 0.250. The van der Waals surface area contributed by atoms with Gasteiger partial charge in [-0.2, -0.15) is 0 Å². The largest absolute Gasteiger partial charge is 0.297 e. The number of benzene rings is 2. The van der Waals surface area contributed by atoms with Crippen LogP contribution in [0.15, 0.2) is 70.6 Å². The van der Waals surface area contributed by atoms with E-state index in [-0.39, 0.29) is 33.7 Å². The highest BCUT2D eigenvalue weighted by Gasteiger charge is 2.23. The van der Waals surface area contributed by atoms with E-state index >= 15 is 0 Å². The monoisotopic (exact) mass is 452 g/mol. The van der Waals surface area contributed by atoms with Crippen molar-refractivity contribution in [1.82, 2.24) is 9.88 Å². The molecule has 0 N–H and O–H groups in total. The second kappa shape index (κ2) is 8.39. The normalized spacial score (nSPS) is 17.0. The lowest BCUT2D eigenvalue weighted by atomic mass is 10.1. The number of nitrogens with zero attached hydrogens (tertiary/aromatic N) is 2. The average molecular weight is 453 g/mol. The Morgan fingerprint density at radius 1 is 0.931 bits per heavy atom. The second-order valence-electron chi connectivity index (χ2n) is 6.90. The Kier molecular flexibility index (Phi) is 6.28. The maximum Gasteiger partial charge on any atom is 0.208 e. The molecule has 2 heterocycles. The molecule has 0 radical (unpaired) electrons. The molecule has 154 valence electrons. The number of rotatable bonds is 4. The van der Waals surface area contributed by atoms with Gasteiger partial charge in [0.15, 0.2) is 9.84 Å². The van der Waals surface area contributed by atoms with Gasteiger partial charge in [0.2, 0.25) is 9.84 Å². The summed E-state index contributed by atoms with van der Waals surface area (Å²) in [4.78, 5) is 6.93. The predicted molar refractivity (Wildman–Crippen MR) is 115 cm³/mol. The van der Waals surface area contributed by atoms with Crippen molar-refractivity contribution in [2.24, 2.45) is 0 Å². The van der Waals surface area contributed by atoms with E-state index in [1.54, 1.807) is 36.4 Å².